The molecule has 0 unspecified atom stereocenters. The van der Waals surface area contributed by atoms with Crippen LogP contribution in [0.15, 0.2) is 18.2 Å². The molecule has 0 saturated carbocycles. The number of aliphatic hydroxyl groups excluding tert-OH is 1. The first-order valence-electron chi connectivity index (χ1n) is 5.05. The quantitative estimate of drug-likeness (QED) is 0.683. The molecule has 16 heavy (non-hydrogen) atoms. The largest absolute Gasteiger partial charge is 0.396 e. The summed E-state index contributed by atoms with van der Waals surface area (Å²) in [5.41, 5.74) is 1.24. The van der Waals surface area contributed by atoms with Crippen LogP contribution in [0.2, 0.25) is 0 Å². The molecule has 0 aliphatic rings. The van der Waals surface area contributed by atoms with E-state index in [9.17, 15) is 9.18 Å². The van der Waals surface area contributed by atoms with Gasteiger partial charge in [-0.2, -0.15) is 0 Å². The highest BCUT2D eigenvalue weighted by Crippen LogP contribution is 2.15. The first-order chi connectivity index (χ1) is 7.63. The zero-order valence-electron chi connectivity index (χ0n) is 9.09. The van der Waals surface area contributed by atoms with Gasteiger partial charge in [0.2, 0.25) is 0 Å². The predicted molar refractivity (Wildman–Crippen MR) is 59.9 cm³/mol. The third-order valence-electron chi connectivity index (χ3n) is 2.07. The minimum absolute atomic E-state index is 0.0271. The molecule has 0 aliphatic carbocycles. The van der Waals surface area contributed by atoms with Crippen molar-refractivity contribution in [1.29, 1.82) is 0 Å². The van der Waals surface area contributed by atoms with Gasteiger partial charge < -0.3 is 15.7 Å². The molecule has 4 nitrogen and oxygen atoms in total. The molecule has 88 valence electrons. The van der Waals surface area contributed by atoms with E-state index in [1.807, 2.05) is 0 Å². The van der Waals surface area contributed by atoms with Crippen LogP contribution in [0.1, 0.15) is 12.0 Å². The van der Waals surface area contributed by atoms with E-state index in [0.29, 0.717) is 18.7 Å². The molecule has 0 fully saturated rings. The van der Waals surface area contributed by atoms with Crippen LogP contribution in [-0.2, 0) is 0 Å². The molecule has 0 bridgehead atoms. The number of benzene rings is 1. The maximum Gasteiger partial charge on any atom is 0.319 e. The molecule has 0 heterocycles. The number of nitrogens with one attached hydrogen (secondary N) is 2. The fourth-order valence-electron chi connectivity index (χ4n) is 1.18. The maximum atomic E-state index is 12.9. The number of urea groups is 1. The van der Waals surface area contributed by atoms with Gasteiger partial charge in [-0.1, -0.05) is 6.07 Å². The monoisotopic (exact) mass is 226 g/mol. The number of carbonyl (C=O) groups is 1. The van der Waals surface area contributed by atoms with Crippen LogP contribution in [0.25, 0.3) is 0 Å². The smallest absolute Gasteiger partial charge is 0.319 e. The van der Waals surface area contributed by atoms with Crippen molar-refractivity contribution >= 4 is 11.7 Å². The van der Waals surface area contributed by atoms with E-state index in [1.165, 1.54) is 12.1 Å². The molecule has 0 saturated heterocycles. The summed E-state index contributed by atoms with van der Waals surface area (Å²) in [4.78, 5) is 11.3. The number of anilines is 1. The lowest BCUT2D eigenvalue weighted by Crippen LogP contribution is -2.30. The molecule has 1 rings (SSSR count). The minimum Gasteiger partial charge on any atom is -0.396 e. The zero-order valence-corrected chi connectivity index (χ0v) is 9.09. The number of rotatable bonds is 4. The zero-order chi connectivity index (χ0) is 12.0. The van der Waals surface area contributed by atoms with Gasteiger partial charge in [-0.3, -0.25) is 0 Å². The Kier molecular flexibility index (Phi) is 4.72. The topological polar surface area (TPSA) is 61.4 Å². The molecule has 5 heteroatoms. The van der Waals surface area contributed by atoms with Crippen molar-refractivity contribution < 1.29 is 14.3 Å². The normalized spacial score (nSPS) is 9.94. The SMILES string of the molecule is Cc1ccc(F)cc1NC(=O)NCCCO. The van der Waals surface area contributed by atoms with Crippen LogP contribution in [0.3, 0.4) is 0 Å². The van der Waals surface area contributed by atoms with Crippen molar-refractivity contribution in [1.82, 2.24) is 5.32 Å². The highest BCUT2D eigenvalue weighted by atomic mass is 19.1. The van der Waals surface area contributed by atoms with Crippen molar-refractivity contribution in [2.75, 3.05) is 18.5 Å². The Labute approximate surface area is 93.5 Å². The van der Waals surface area contributed by atoms with Gasteiger partial charge in [-0.15, -0.1) is 0 Å². The number of aryl methyl sites for hydroxylation is 1. The van der Waals surface area contributed by atoms with Crippen molar-refractivity contribution in [2.45, 2.75) is 13.3 Å². The summed E-state index contributed by atoms with van der Waals surface area (Å²) in [5, 5.41) is 13.6. The Morgan fingerprint density at radius 2 is 2.25 bits per heavy atom. The number of halogens is 1. The first kappa shape index (κ1) is 12.4. The number of hydrogen-bond donors (Lipinski definition) is 3. The number of hydrogen-bond acceptors (Lipinski definition) is 2. The summed E-state index contributed by atoms with van der Waals surface area (Å²) in [6.45, 7) is 2.19. The number of aliphatic hydroxyl groups is 1. The Balaban J connectivity index is 2.52. The summed E-state index contributed by atoms with van der Waals surface area (Å²) in [5.74, 6) is -0.392. The Bertz CT molecular complexity index is 369. The third kappa shape index (κ3) is 3.86. The van der Waals surface area contributed by atoms with Gasteiger partial charge in [0.15, 0.2) is 0 Å². The van der Waals surface area contributed by atoms with Crippen LogP contribution >= 0.6 is 0 Å². The number of carbonyl (C=O) groups excluding carboxylic acids is 1. The molecular weight excluding hydrogens is 211 g/mol. The van der Waals surface area contributed by atoms with Gasteiger partial charge in [-0.05, 0) is 31.0 Å². The first-order valence-corrected chi connectivity index (χ1v) is 5.05. The molecule has 3 N–H and O–H groups in total. The van der Waals surface area contributed by atoms with Crippen molar-refractivity contribution in [3.05, 3.63) is 29.6 Å². The van der Waals surface area contributed by atoms with E-state index >= 15 is 0 Å². The standard InChI is InChI=1S/C11H15FN2O2/c1-8-3-4-9(12)7-10(8)14-11(16)13-5-2-6-15/h3-4,7,15H,2,5-6H2,1H3,(H2,13,14,16). The summed E-state index contributed by atoms with van der Waals surface area (Å²) < 4.78 is 12.9. The van der Waals surface area contributed by atoms with Crippen LogP contribution in [-0.4, -0.2) is 24.3 Å². The fraction of sp³-hybridized carbons (Fsp3) is 0.364. The molecule has 0 spiro atoms. The molecule has 0 atom stereocenters. The second kappa shape index (κ2) is 6.07. The van der Waals surface area contributed by atoms with Gasteiger partial charge in [0, 0.05) is 18.8 Å². The highest BCUT2D eigenvalue weighted by molar-refractivity contribution is 5.89. The van der Waals surface area contributed by atoms with Crippen molar-refractivity contribution in [3.63, 3.8) is 0 Å². The maximum absolute atomic E-state index is 12.9. The van der Waals surface area contributed by atoms with Gasteiger partial charge in [0.25, 0.3) is 0 Å². The minimum atomic E-state index is -0.401. The molecular formula is C11H15FN2O2. The lowest BCUT2D eigenvalue weighted by atomic mass is 10.2. The highest BCUT2D eigenvalue weighted by Gasteiger charge is 2.04. The Morgan fingerprint density at radius 3 is 2.94 bits per heavy atom. The molecule has 1 aromatic rings. The average Bonchev–Trinajstić information content (AvgIpc) is 2.24. The fourth-order valence-corrected chi connectivity index (χ4v) is 1.18. The van der Waals surface area contributed by atoms with Crippen LogP contribution in [0, 0.1) is 12.7 Å². The summed E-state index contributed by atoms with van der Waals surface area (Å²) >= 11 is 0. The Morgan fingerprint density at radius 1 is 1.50 bits per heavy atom. The summed E-state index contributed by atoms with van der Waals surface area (Å²) in [6.07, 6.45) is 0.496. The van der Waals surface area contributed by atoms with E-state index in [-0.39, 0.29) is 6.61 Å². The van der Waals surface area contributed by atoms with Crippen molar-refractivity contribution in [2.24, 2.45) is 0 Å². The lowest BCUT2D eigenvalue weighted by molar-refractivity contribution is 0.249. The van der Waals surface area contributed by atoms with E-state index in [0.717, 1.165) is 5.56 Å². The van der Waals surface area contributed by atoms with Gasteiger partial charge in [0.1, 0.15) is 5.82 Å². The van der Waals surface area contributed by atoms with Gasteiger partial charge in [0.05, 0.1) is 0 Å². The second-order valence-corrected chi connectivity index (χ2v) is 3.42. The van der Waals surface area contributed by atoms with E-state index in [2.05, 4.69) is 10.6 Å². The van der Waals surface area contributed by atoms with Gasteiger partial charge in [-0.25, -0.2) is 9.18 Å². The van der Waals surface area contributed by atoms with Crippen LogP contribution in [0.4, 0.5) is 14.9 Å². The van der Waals surface area contributed by atoms with E-state index < -0.39 is 11.8 Å². The van der Waals surface area contributed by atoms with Crippen LogP contribution in [0.5, 0.6) is 0 Å². The van der Waals surface area contributed by atoms with E-state index in [1.54, 1.807) is 13.0 Å². The van der Waals surface area contributed by atoms with Crippen LogP contribution < -0.4 is 10.6 Å². The second-order valence-electron chi connectivity index (χ2n) is 3.42. The molecule has 0 radical (unpaired) electrons. The molecule has 0 aromatic heterocycles. The van der Waals surface area contributed by atoms with Crippen molar-refractivity contribution in [3.8, 4) is 0 Å². The summed E-state index contributed by atoms with van der Waals surface area (Å²) in [6, 6.07) is 3.80. The lowest BCUT2D eigenvalue weighted by Gasteiger charge is -2.09. The number of amides is 2. The van der Waals surface area contributed by atoms with E-state index in [4.69, 9.17) is 5.11 Å². The molecule has 0 aliphatic heterocycles. The average molecular weight is 226 g/mol. The Hall–Kier alpha value is -1.62. The van der Waals surface area contributed by atoms with Gasteiger partial charge >= 0.3 is 6.03 Å². The summed E-state index contributed by atoms with van der Waals surface area (Å²) in [7, 11) is 0. The molecule has 1 aromatic carbocycles. The molecule has 2 amide bonds. The third-order valence-corrected chi connectivity index (χ3v) is 2.07. The predicted octanol–water partition coefficient (Wildman–Crippen LogP) is 1.64.